The summed E-state index contributed by atoms with van der Waals surface area (Å²) in [5.74, 6) is 0.715. The van der Waals surface area contributed by atoms with Gasteiger partial charge < -0.3 is 14.2 Å². The van der Waals surface area contributed by atoms with Gasteiger partial charge in [0.15, 0.2) is 11.5 Å². The Hall–Kier alpha value is -2.79. The Morgan fingerprint density at radius 2 is 1.70 bits per heavy atom. The third kappa shape index (κ3) is 3.55. The molecule has 1 heterocycles. The summed E-state index contributed by atoms with van der Waals surface area (Å²) in [4.78, 5) is 17.3. The average Bonchev–Trinajstić information content (AvgIpc) is 2.66. The predicted molar refractivity (Wildman–Crippen MR) is 106 cm³/mol. The van der Waals surface area contributed by atoms with E-state index < -0.39 is 5.97 Å². The minimum absolute atomic E-state index is 0.280. The zero-order chi connectivity index (χ0) is 19.6. The van der Waals surface area contributed by atoms with Gasteiger partial charge in [-0.1, -0.05) is 23.7 Å². The van der Waals surface area contributed by atoms with Crippen LogP contribution < -0.4 is 9.47 Å². The summed E-state index contributed by atoms with van der Waals surface area (Å²) < 4.78 is 16.1. The lowest BCUT2D eigenvalue weighted by atomic mass is 9.94. The number of aryl methyl sites for hydroxylation is 1. The predicted octanol–water partition coefficient (Wildman–Crippen LogP) is 5.06. The van der Waals surface area contributed by atoms with Crippen molar-refractivity contribution in [2.75, 3.05) is 20.8 Å². The molecule has 0 aliphatic carbocycles. The quantitative estimate of drug-likeness (QED) is 0.575. The fourth-order valence-electron chi connectivity index (χ4n) is 3.08. The number of hydrogen-bond acceptors (Lipinski definition) is 5. The van der Waals surface area contributed by atoms with Gasteiger partial charge in [0.05, 0.1) is 37.6 Å². The Balaban J connectivity index is 2.42. The first-order chi connectivity index (χ1) is 13.0. The minimum Gasteiger partial charge on any atom is -0.493 e. The molecule has 3 rings (SSSR count). The van der Waals surface area contributed by atoms with Crippen LogP contribution in [-0.4, -0.2) is 31.8 Å². The zero-order valence-electron chi connectivity index (χ0n) is 15.6. The number of carbonyl (C=O) groups is 1. The summed E-state index contributed by atoms with van der Waals surface area (Å²) in [7, 11) is 3.14. The molecule has 0 bridgehead atoms. The maximum Gasteiger partial charge on any atom is 0.340 e. The topological polar surface area (TPSA) is 57.7 Å². The molecule has 0 saturated heterocycles. The normalized spacial score (nSPS) is 10.7. The maximum atomic E-state index is 12.7. The van der Waals surface area contributed by atoms with Crippen LogP contribution in [0.2, 0.25) is 5.02 Å². The highest BCUT2D eigenvalue weighted by Gasteiger charge is 2.23. The number of hydrogen-bond donors (Lipinski definition) is 0. The molecule has 140 valence electrons. The van der Waals surface area contributed by atoms with Crippen molar-refractivity contribution in [3.8, 4) is 22.6 Å². The molecule has 0 amide bonds. The molecule has 0 radical (unpaired) electrons. The van der Waals surface area contributed by atoms with Gasteiger partial charge in [-0.25, -0.2) is 4.79 Å². The smallest absolute Gasteiger partial charge is 0.340 e. The summed E-state index contributed by atoms with van der Waals surface area (Å²) in [6.45, 7) is 3.85. The van der Waals surface area contributed by atoms with E-state index in [0.717, 1.165) is 16.5 Å². The molecule has 0 aliphatic heterocycles. The van der Waals surface area contributed by atoms with Gasteiger partial charge in [-0.2, -0.15) is 0 Å². The van der Waals surface area contributed by atoms with E-state index in [4.69, 9.17) is 25.8 Å². The van der Waals surface area contributed by atoms with Crippen LogP contribution in [0.5, 0.6) is 11.5 Å². The van der Waals surface area contributed by atoms with Gasteiger partial charge in [0.2, 0.25) is 0 Å². The Morgan fingerprint density at radius 3 is 2.30 bits per heavy atom. The monoisotopic (exact) mass is 385 g/mol. The largest absolute Gasteiger partial charge is 0.493 e. The molecule has 5 nitrogen and oxygen atoms in total. The van der Waals surface area contributed by atoms with Crippen molar-refractivity contribution in [2.45, 2.75) is 13.8 Å². The van der Waals surface area contributed by atoms with E-state index in [1.807, 2.05) is 18.2 Å². The summed E-state index contributed by atoms with van der Waals surface area (Å²) in [6.07, 6.45) is 0. The summed E-state index contributed by atoms with van der Waals surface area (Å²) in [5, 5.41) is 1.38. The Labute approximate surface area is 162 Å². The summed E-state index contributed by atoms with van der Waals surface area (Å²) >= 11 is 6.05. The standard InChI is InChI=1S/C21H20ClNO4/c1-5-27-21(24)19-12(2)23-16-11-18(26-4)17(25-3)10-15(16)20(19)13-6-8-14(22)9-7-13/h6-11H,5H2,1-4H3. The Bertz CT molecular complexity index is 999. The molecule has 2 aromatic carbocycles. The SMILES string of the molecule is CCOC(=O)c1c(C)nc2cc(OC)c(OC)cc2c1-c1ccc(Cl)cc1. The number of carbonyl (C=O) groups excluding carboxylic acids is 1. The second-order valence-corrected chi connectivity index (χ2v) is 6.34. The molecule has 0 saturated carbocycles. The molecule has 0 unspecified atom stereocenters. The fraction of sp³-hybridized carbons (Fsp3) is 0.238. The van der Waals surface area contributed by atoms with Crippen LogP contribution in [0.3, 0.4) is 0 Å². The Morgan fingerprint density at radius 1 is 1.07 bits per heavy atom. The molecule has 0 aliphatic rings. The number of rotatable bonds is 5. The van der Waals surface area contributed by atoms with Gasteiger partial charge in [-0.05, 0) is 37.6 Å². The van der Waals surface area contributed by atoms with Crippen LogP contribution in [0.25, 0.3) is 22.0 Å². The molecule has 27 heavy (non-hydrogen) atoms. The van der Waals surface area contributed by atoms with Gasteiger partial charge in [0, 0.05) is 22.0 Å². The zero-order valence-corrected chi connectivity index (χ0v) is 16.4. The van der Waals surface area contributed by atoms with Gasteiger partial charge >= 0.3 is 5.97 Å². The number of ether oxygens (including phenoxy) is 3. The molecule has 3 aromatic rings. The molecule has 0 fully saturated rings. The second kappa shape index (κ2) is 7.84. The van der Waals surface area contributed by atoms with Crippen LogP contribution in [0.15, 0.2) is 36.4 Å². The molecular formula is C21H20ClNO4. The number of pyridine rings is 1. The van der Waals surface area contributed by atoms with E-state index in [0.29, 0.717) is 33.3 Å². The number of methoxy groups -OCH3 is 2. The fourth-order valence-corrected chi connectivity index (χ4v) is 3.21. The average molecular weight is 386 g/mol. The molecule has 0 N–H and O–H groups in total. The van der Waals surface area contributed by atoms with Crippen molar-refractivity contribution in [1.29, 1.82) is 0 Å². The van der Waals surface area contributed by atoms with Crippen molar-refractivity contribution in [3.05, 3.63) is 52.7 Å². The van der Waals surface area contributed by atoms with E-state index in [1.54, 1.807) is 46.3 Å². The number of halogens is 1. The molecule has 0 atom stereocenters. The molecule has 0 spiro atoms. The number of fused-ring (bicyclic) bond motifs is 1. The third-order valence-electron chi connectivity index (χ3n) is 4.28. The third-order valence-corrected chi connectivity index (χ3v) is 4.54. The van der Waals surface area contributed by atoms with Crippen LogP contribution in [0, 0.1) is 6.92 Å². The first-order valence-corrected chi connectivity index (χ1v) is 8.87. The van der Waals surface area contributed by atoms with Crippen LogP contribution >= 0.6 is 11.6 Å². The highest BCUT2D eigenvalue weighted by Crippen LogP contribution is 2.39. The van der Waals surface area contributed by atoms with Crippen LogP contribution in [0.1, 0.15) is 23.0 Å². The van der Waals surface area contributed by atoms with E-state index in [2.05, 4.69) is 4.98 Å². The van der Waals surface area contributed by atoms with E-state index >= 15 is 0 Å². The molecule has 6 heteroatoms. The van der Waals surface area contributed by atoms with Crippen LogP contribution in [0.4, 0.5) is 0 Å². The number of benzene rings is 2. The minimum atomic E-state index is -0.413. The first kappa shape index (κ1) is 19.0. The lowest BCUT2D eigenvalue weighted by molar-refractivity contribution is 0.0526. The van der Waals surface area contributed by atoms with Gasteiger partial charge in [-0.15, -0.1) is 0 Å². The van der Waals surface area contributed by atoms with E-state index in [-0.39, 0.29) is 6.61 Å². The van der Waals surface area contributed by atoms with Crippen molar-refractivity contribution < 1.29 is 19.0 Å². The number of nitrogens with zero attached hydrogens (tertiary/aromatic N) is 1. The van der Waals surface area contributed by atoms with Crippen LogP contribution in [-0.2, 0) is 4.74 Å². The van der Waals surface area contributed by atoms with Gasteiger partial charge in [0.25, 0.3) is 0 Å². The van der Waals surface area contributed by atoms with E-state index in [9.17, 15) is 4.79 Å². The highest BCUT2D eigenvalue weighted by atomic mass is 35.5. The summed E-state index contributed by atoms with van der Waals surface area (Å²) in [5.41, 5.74) is 3.28. The van der Waals surface area contributed by atoms with Crippen molar-refractivity contribution in [3.63, 3.8) is 0 Å². The van der Waals surface area contributed by atoms with Gasteiger partial charge in [0.1, 0.15) is 0 Å². The lowest BCUT2D eigenvalue weighted by Crippen LogP contribution is -2.11. The maximum absolute atomic E-state index is 12.7. The lowest BCUT2D eigenvalue weighted by Gasteiger charge is -2.17. The first-order valence-electron chi connectivity index (χ1n) is 8.49. The highest BCUT2D eigenvalue weighted by molar-refractivity contribution is 6.30. The molecule has 1 aromatic heterocycles. The number of esters is 1. The molecular weight excluding hydrogens is 366 g/mol. The van der Waals surface area contributed by atoms with Crippen molar-refractivity contribution in [2.24, 2.45) is 0 Å². The number of aromatic nitrogens is 1. The van der Waals surface area contributed by atoms with Crippen molar-refractivity contribution >= 4 is 28.5 Å². The van der Waals surface area contributed by atoms with Gasteiger partial charge in [-0.3, -0.25) is 4.98 Å². The van der Waals surface area contributed by atoms with E-state index in [1.165, 1.54) is 0 Å². The summed E-state index contributed by atoms with van der Waals surface area (Å²) in [6, 6.07) is 10.9. The second-order valence-electron chi connectivity index (χ2n) is 5.90. The van der Waals surface area contributed by atoms with Crippen molar-refractivity contribution in [1.82, 2.24) is 4.98 Å². The Kier molecular flexibility index (Phi) is 5.51.